The standard InChI is InChI=1S/C22H41NO4/c1-5-7-9-13-19(22(26)27)20(14-10-11-15-21(24)25)23-18(4)16-17(3)12-8-6-2/h17-19H,5-16H2,1-4H3,(H,24,25)(H,26,27). The van der Waals surface area contributed by atoms with Crippen molar-refractivity contribution in [1.29, 1.82) is 0 Å². The Bertz CT molecular complexity index is 448. The first-order valence-corrected chi connectivity index (χ1v) is 10.8. The molecule has 5 nitrogen and oxygen atoms in total. The number of carboxylic acid groups (broad SMARTS) is 2. The number of rotatable bonds is 17. The number of aliphatic carboxylic acids is 2. The Kier molecular flexibility index (Phi) is 14.8. The molecular formula is C22H41NO4. The maximum atomic E-state index is 11.8. The Morgan fingerprint density at radius 3 is 2.04 bits per heavy atom. The molecule has 158 valence electrons. The highest BCUT2D eigenvalue weighted by Crippen LogP contribution is 2.21. The molecule has 0 amide bonds. The molecule has 0 aromatic rings. The van der Waals surface area contributed by atoms with Crippen LogP contribution in [-0.2, 0) is 9.59 Å². The van der Waals surface area contributed by atoms with E-state index in [1.54, 1.807) is 0 Å². The molecule has 0 bridgehead atoms. The van der Waals surface area contributed by atoms with Crippen LogP contribution >= 0.6 is 0 Å². The molecule has 5 heteroatoms. The van der Waals surface area contributed by atoms with Gasteiger partial charge in [0, 0.05) is 18.2 Å². The van der Waals surface area contributed by atoms with Crippen LogP contribution in [0.1, 0.15) is 105 Å². The van der Waals surface area contributed by atoms with E-state index in [2.05, 4.69) is 27.7 Å². The molecule has 0 radical (unpaired) electrons. The highest BCUT2D eigenvalue weighted by Gasteiger charge is 2.24. The van der Waals surface area contributed by atoms with Gasteiger partial charge in [0.15, 0.2) is 0 Å². The molecule has 0 aliphatic heterocycles. The lowest BCUT2D eigenvalue weighted by atomic mass is 9.91. The zero-order valence-corrected chi connectivity index (χ0v) is 17.9. The average Bonchev–Trinajstić information content (AvgIpc) is 2.59. The van der Waals surface area contributed by atoms with E-state index in [4.69, 9.17) is 10.1 Å². The van der Waals surface area contributed by atoms with Crippen molar-refractivity contribution >= 4 is 17.7 Å². The van der Waals surface area contributed by atoms with Gasteiger partial charge in [-0.2, -0.15) is 0 Å². The van der Waals surface area contributed by atoms with Crippen LogP contribution in [0.3, 0.4) is 0 Å². The Morgan fingerprint density at radius 1 is 0.852 bits per heavy atom. The van der Waals surface area contributed by atoms with Crippen molar-refractivity contribution < 1.29 is 19.8 Å². The van der Waals surface area contributed by atoms with Crippen molar-refractivity contribution in [2.75, 3.05) is 0 Å². The Balaban J connectivity index is 5.04. The van der Waals surface area contributed by atoms with Crippen molar-refractivity contribution in [2.45, 2.75) is 111 Å². The lowest BCUT2D eigenvalue weighted by molar-refractivity contribution is -0.140. The summed E-state index contributed by atoms with van der Waals surface area (Å²) in [4.78, 5) is 27.4. The van der Waals surface area contributed by atoms with Crippen LogP contribution in [0.4, 0.5) is 0 Å². The zero-order valence-electron chi connectivity index (χ0n) is 17.9. The van der Waals surface area contributed by atoms with E-state index in [-0.39, 0.29) is 12.5 Å². The van der Waals surface area contributed by atoms with Crippen molar-refractivity contribution in [3.05, 3.63) is 0 Å². The predicted octanol–water partition coefficient (Wildman–Crippen LogP) is 5.96. The molecule has 0 rings (SSSR count). The maximum Gasteiger partial charge on any atom is 0.312 e. The molecule has 0 aromatic heterocycles. The van der Waals surface area contributed by atoms with Crippen LogP contribution in [0.15, 0.2) is 4.99 Å². The molecule has 3 unspecified atom stereocenters. The number of aliphatic imine (C=N–C) groups is 1. The van der Waals surface area contributed by atoms with Gasteiger partial charge in [0.2, 0.25) is 0 Å². The van der Waals surface area contributed by atoms with E-state index >= 15 is 0 Å². The summed E-state index contributed by atoms with van der Waals surface area (Å²) in [5.74, 6) is -1.55. The Morgan fingerprint density at radius 2 is 1.48 bits per heavy atom. The van der Waals surface area contributed by atoms with Gasteiger partial charge < -0.3 is 10.2 Å². The summed E-state index contributed by atoms with van der Waals surface area (Å²) in [5.41, 5.74) is 0.763. The maximum absolute atomic E-state index is 11.8. The monoisotopic (exact) mass is 383 g/mol. The fourth-order valence-corrected chi connectivity index (χ4v) is 3.53. The molecule has 0 fully saturated rings. The van der Waals surface area contributed by atoms with Gasteiger partial charge in [-0.3, -0.25) is 14.6 Å². The van der Waals surface area contributed by atoms with Crippen molar-refractivity contribution in [3.8, 4) is 0 Å². The van der Waals surface area contributed by atoms with E-state index in [1.807, 2.05) is 0 Å². The second-order valence-corrected chi connectivity index (χ2v) is 7.94. The third kappa shape index (κ3) is 13.4. The second kappa shape index (κ2) is 15.6. The van der Waals surface area contributed by atoms with Crippen LogP contribution < -0.4 is 0 Å². The fourth-order valence-electron chi connectivity index (χ4n) is 3.53. The number of nitrogens with zero attached hydrogens (tertiary/aromatic N) is 1. The minimum atomic E-state index is -0.802. The molecule has 3 atom stereocenters. The van der Waals surface area contributed by atoms with Crippen LogP contribution in [0.25, 0.3) is 0 Å². The third-order valence-electron chi connectivity index (χ3n) is 5.05. The summed E-state index contributed by atoms with van der Waals surface area (Å²) >= 11 is 0. The lowest BCUT2D eigenvalue weighted by Gasteiger charge is -2.20. The van der Waals surface area contributed by atoms with Crippen molar-refractivity contribution in [1.82, 2.24) is 0 Å². The largest absolute Gasteiger partial charge is 0.481 e. The third-order valence-corrected chi connectivity index (χ3v) is 5.05. The van der Waals surface area contributed by atoms with Crippen molar-refractivity contribution in [2.24, 2.45) is 16.8 Å². The van der Waals surface area contributed by atoms with E-state index in [0.29, 0.717) is 31.6 Å². The van der Waals surface area contributed by atoms with E-state index in [1.165, 1.54) is 19.3 Å². The van der Waals surface area contributed by atoms with Crippen LogP contribution in [0.5, 0.6) is 0 Å². The number of unbranched alkanes of at least 4 members (excludes halogenated alkanes) is 4. The molecule has 0 aliphatic carbocycles. The highest BCUT2D eigenvalue weighted by molar-refractivity contribution is 6.01. The summed E-state index contributed by atoms with van der Waals surface area (Å²) in [6.07, 6.45) is 10.1. The van der Waals surface area contributed by atoms with E-state index in [9.17, 15) is 14.7 Å². The number of carboxylic acids is 2. The van der Waals surface area contributed by atoms with Gasteiger partial charge in [0.1, 0.15) is 0 Å². The highest BCUT2D eigenvalue weighted by atomic mass is 16.4. The smallest absolute Gasteiger partial charge is 0.312 e. The number of hydrogen-bond acceptors (Lipinski definition) is 3. The molecule has 0 aliphatic rings. The summed E-state index contributed by atoms with van der Waals surface area (Å²) in [7, 11) is 0. The number of carbonyl (C=O) groups is 2. The first-order chi connectivity index (χ1) is 12.8. The van der Waals surface area contributed by atoms with Gasteiger partial charge in [-0.1, -0.05) is 59.3 Å². The van der Waals surface area contributed by atoms with Crippen LogP contribution in [0.2, 0.25) is 0 Å². The van der Waals surface area contributed by atoms with E-state index in [0.717, 1.165) is 31.4 Å². The SMILES string of the molecule is CCCCCC(C(=O)O)C(CCCCC(=O)O)=NC(C)CC(C)CCCC. The predicted molar refractivity (Wildman–Crippen MR) is 112 cm³/mol. The topological polar surface area (TPSA) is 87.0 Å². The van der Waals surface area contributed by atoms with Crippen molar-refractivity contribution in [3.63, 3.8) is 0 Å². The average molecular weight is 384 g/mol. The first kappa shape index (κ1) is 25.6. The zero-order chi connectivity index (χ0) is 20.7. The van der Waals surface area contributed by atoms with Gasteiger partial charge in [-0.15, -0.1) is 0 Å². The normalized spacial score (nSPS) is 15.3. The van der Waals surface area contributed by atoms with Gasteiger partial charge in [-0.05, 0) is 44.9 Å². The summed E-state index contributed by atoms with van der Waals surface area (Å²) < 4.78 is 0. The van der Waals surface area contributed by atoms with E-state index < -0.39 is 17.9 Å². The van der Waals surface area contributed by atoms with Crippen LogP contribution in [0, 0.1) is 11.8 Å². The molecule has 2 N–H and O–H groups in total. The molecule has 27 heavy (non-hydrogen) atoms. The summed E-state index contributed by atoms with van der Waals surface area (Å²) in [6, 6.07) is 0.111. The minimum absolute atomic E-state index is 0.111. The minimum Gasteiger partial charge on any atom is -0.481 e. The summed E-state index contributed by atoms with van der Waals surface area (Å²) in [6.45, 7) is 8.61. The Labute approximate surface area is 165 Å². The van der Waals surface area contributed by atoms with Gasteiger partial charge >= 0.3 is 11.9 Å². The Hall–Kier alpha value is -1.39. The second-order valence-electron chi connectivity index (χ2n) is 7.94. The van der Waals surface area contributed by atoms with Gasteiger partial charge in [0.25, 0.3) is 0 Å². The molecule has 0 saturated heterocycles. The lowest BCUT2D eigenvalue weighted by Crippen LogP contribution is -2.26. The molecule has 0 saturated carbocycles. The first-order valence-electron chi connectivity index (χ1n) is 10.8. The summed E-state index contributed by atoms with van der Waals surface area (Å²) in [5, 5.41) is 18.5. The van der Waals surface area contributed by atoms with Gasteiger partial charge in [-0.25, -0.2) is 0 Å². The molecule has 0 spiro atoms. The van der Waals surface area contributed by atoms with Crippen LogP contribution in [-0.4, -0.2) is 33.9 Å². The molecule has 0 aromatic carbocycles. The van der Waals surface area contributed by atoms with Gasteiger partial charge in [0.05, 0.1) is 5.92 Å². The molecular weight excluding hydrogens is 342 g/mol. The quantitative estimate of drug-likeness (QED) is 0.240. The fraction of sp³-hybridized carbons (Fsp3) is 0.864. The number of hydrogen-bond donors (Lipinski definition) is 2. The molecule has 0 heterocycles.